The number of hydrogen-bond donors (Lipinski definition) is 2. The van der Waals surface area contributed by atoms with E-state index in [4.69, 9.17) is 0 Å². The van der Waals surface area contributed by atoms with Crippen LogP contribution in [0.5, 0.6) is 0 Å². The number of hydrogen-bond acceptors (Lipinski definition) is 4. The Morgan fingerprint density at radius 1 is 1.07 bits per heavy atom. The van der Waals surface area contributed by atoms with Gasteiger partial charge >= 0.3 is 0 Å². The Balaban J connectivity index is 1.38. The second-order valence-electron chi connectivity index (χ2n) is 8.71. The van der Waals surface area contributed by atoms with Gasteiger partial charge in [0.1, 0.15) is 0 Å². The van der Waals surface area contributed by atoms with Crippen molar-refractivity contribution in [1.29, 1.82) is 0 Å². The van der Waals surface area contributed by atoms with Crippen LogP contribution in [-0.2, 0) is 12.0 Å². The molecule has 0 unspecified atom stereocenters. The maximum absolute atomic E-state index is 11.6. The van der Waals surface area contributed by atoms with E-state index in [2.05, 4.69) is 39.0 Å². The molecule has 1 aliphatic carbocycles. The number of aliphatic hydroxyl groups excluding tert-OH is 1. The van der Waals surface area contributed by atoms with Crippen molar-refractivity contribution in [1.82, 2.24) is 14.8 Å². The van der Waals surface area contributed by atoms with Gasteiger partial charge in [0.05, 0.1) is 12.1 Å². The van der Waals surface area contributed by atoms with E-state index in [0.717, 1.165) is 51.1 Å². The summed E-state index contributed by atoms with van der Waals surface area (Å²) in [5.74, 6) is 0. The Labute approximate surface area is 166 Å². The minimum atomic E-state index is -0.329. The number of pyridine rings is 1. The molecule has 5 nitrogen and oxygen atoms in total. The fourth-order valence-electron chi connectivity index (χ4n) is 5.78. The molecule has 0 bridgehead atoms. The average Bonchev–Trinajstić information content (AvgIpc) is 3.30. The minimum absolute atomic E-state index is 0.0421. The molecule has 2 atom stereocenters. The van der Waals surface area contributed by atoms with Crippen LogP contribution in [0.15, 0.2) is 47.4 Å². The van der Waals surface area contributed by atoms with Gasteiger partial charge in [0.15, 0.2) is 0 Å². The Morgan fingerprint density at radius 3 is 2.57 bits per heavy atom. The zero-order valence-electron chi connectivity index (χ0n) is 16.3. The summed E-state index contributed by atoms with van der Waals surface area (Å²) in [6.07, 6.45) is 5.81. The van der Waals surface area contributed by atoms with Gasteiger partial charge in [-0.1, -0.05) is 24.3 Å². The summed E-state index contributed by atoms with van der Waals surface area (Å²) in [5.41, 5.74) is 3.60. The van der Waals surface area contributed by atoms with Crippen molar-refractivity contribution in [2.24, 2.45) is 0 Å². The molecule has 3 aliphatic rings. The van der Waals surface area contributed by atoms with Crippen molar-refractivity contribution in [2.45, 2.75) is 49.8 Å². The van der Waals surface area contributed by atoms with E-state index in [1.807, 2.05) is 6.07 Å². The number of fused-ring (bicyclic) bond motifs is 2. The number of piperidine rings is 1. The molecule has 1 aromatic carbocycles. The van der Waals surface area contributed by atoms with E-state index in [1.165, 1.54) is 24.0 Å². The molecule has 3 heterocycles. The van der Waals surface area contributed by atoms with Gasteiger partial charge in [0, 0.05) is 24.2 Å². The van der Waals surface area contributed by atoms with Crippen molar-refractivity contribution in [3.8, 4) is 0 Å². The van der Waals surface area contributed by atoms with E-state index < -0.39 is 0 Å². The highest BCUT2D eigenvalue weighted by Gasteiger charge is 2.54. The highest BCUT2D eigenvalue weighted by Crippen LogP contribution is 2.53. The lowest BCUT2D eigenvalue weighted by atomic mass is 9.72. The molecule has 2 saturated heterocycles. The molecule has 2 aliphatic heterocycles. The van der Waals surface area contributed by atoms with Crippen LogP contribution in [0.1, 0.15) is 48.4 Å². The molecule has 0 radical (unpaired) electrons. The maximum Gasteiger partial charge on any atom is 0.248 e. The predicted octanol–water partition coefficient (Wildman–Crippen LogP) is 2.42. The third-order valence-corrected chi connectivity index (χ3v) is 7.21. The highest BCUT2D eigenvalue weighted by atomic mass is 16.3. The van der Waals surface area contributed by atoms with Crippen molar-refractivity contribution in [2.75, 3.05) is 26.2 Å². The number of aromatic nitrogens is 1. The topological polar surface area (TPSA) is 59.6 Å². The first-order chi connectivity index (χ1) is 13.7. The zero-order chi connectivity index (χ0) is 19.1. The standard InChI is InChI=1S/C23H29N3O2/c27-20-15-17(7-10-24-20)16-25-13-8-23(9-14-25)19-6-2-1-5-18(19)21(22(23)28)26-11-3-4-12-26/h1-2,5-7,10,15,21-22,28H,3-4,8-9,11-14,16H2,(H,24,27)/t21-,22+/m1/s1. The summed E-state index contributed by atoms with van der Waals surface area (Å²) in [6.45, 7) is 4.89. The number of aromatic amines is 1. The van der Waals surface area contributed by atoms with Crippen LogP contribution in [0.4, 0.5) is 0 Å². The molecular formula is C23H29N3O2. The fourth-order valence-corrected chi connectivity index (χ4v) is 5.78. The molecule has 2 N–H and O–H groups in total. The summed E-state index contributed by atoms with van der Waals surface area (Å²) >= 11 is 0. The Kier molecular flexibility index (Phi) is 4.62. The zero-order valence-corrected chi connectivity index (χ0v) is 16.3. The maximum atomic E-state index is 11.6. The van der Waals surface area contributed by atoms with E-state index >= 15 is 0 Å². The minimum Gasteiger partial charge on any atom is -0.390 e. The van der Waals surface area contributed by atoms with E-state index in [-0.39, 0.29) is 23.1 Å². The smallest absolute Gasteiger partial charge is 0.248 e. The molecule has 5 heteroatoms. The molecule has 1 aromatic heterocycles. The lowest BCUT2D eigenvalue weighted by Gasteiger charge is -2.43. The van der Waals surface area contributed by atoms with Crippen LogP contribution in [0.25, 0.3) is 0 Å². The summed E-state index contributed by atoms with van der Waals surface area (Å²) in [4.78, 5) is 19.2. The number of likely N-dealkylation sites (tertiary alicyclic amines) is 2. The number of aliphatic hydroxyl groups is 1. The summed E-state index contributed by atoms with van der Waals surface area (Å²) < 4.78 is 0. The highest BCUT2D eigenvalue weighted by molar-refractivity contribution is 5.45. The number of benzene rings is 1. The lowest BCUT2D eigenvalue weighted by Crippen LogP contribution is -2.49. The van der Waals surface area contributed by atoms with Gasteiger partial charge < -0.3 is 10.1 Å². The normalized spacial score (nSPS) is 27.3. The van der Waals surface area contributed by atoms with Crippen LogP contribution in [0, 0.1) is 0 Å². The van der Waals surface area contributed by atoms with E-state index in [9.17, 15) is 9.90 Å². The summed E-state index contributed by atoms with van der Waals surface area (Å²) in [7, 11) is 0. The lowest BCUT2D eigenvalue weighted by molar-refractivity contribution is -0.0104. The van der Waals surface area contributed by atoms with Crippen LogP contribution in [0.2, 0.25) is 0 Å². The largest absolute Gasteiger partial charge is 0.390 e. The first-order valence-electron chi connectivity index (χ1n) is 10.6. The van der Waals surface area contributed by atoms with Crippen molar-refractivity contribution in [3.05, 3.63) is 69.6 Å². The third-order valence-electron chi connectivity index (χ3n) is 7.21. The molecule has 1 spiro atoms. The molecule has 28 heavy (non-hydrogen) atoms. The fraction of sp³-hybridized carbons (Fsp3) is 0.522. The van der Waals surface area contributed by atoms with Gasteiger partial charge in [-0.2, -0.15) is 0 Å². The molecule has 5 rings (SSSR count). The first-order valence-corrected chi connectivity index (χ1v) is 10.6. The van der Waals surface area contributed by atoms with E-state index in [0.29, 0.717) is 0 Å². The summed E-state index contributed by atoms with van der Waals surface area (Å²) in [5, 5.41) is 11.6. The van der Waals surface area contributed by atoms with Crippen molar-refractivity contribution in [3.63, 3.8) is 0 Å². The molecule has 2 fully saturated rings. The van der Waals surface area contributed by atoms with Crippen LogP contribution >= 0.6 is 0 Å². The van der Waals surface area contributed by atoms with E-state index in [1.54, 1.807) is 12.3 Å². The monoisotopic (exact) mass is 379 g/mol. The van der Waals surface area contributed by atoms with Gasteiger partial charge in [-0.3, -0.25) is 14.6 Å². The second kappa shape index (κ2) is 7.14. The SMILES string of the molecule is O=c1cc(CN2CCC3(CC2)c2ccccc2[C@@H](N2CCCC2)[C@@H]3O)cc[nH]1. The Bertz CT molecular complexity index is 894. The number of nitrogens with one attached hydrogen (secondary N) is 1. The third kappa shape index (κ3) is 2.93. The quantitative estimate of drug-likeness (QED) is 0.860. The average molecular weight is 380 g/mol. The Hall–Kier alpha value is -1.95. The molecule has 0 saturated carbocycles. The molecule has 2 aromatic rings. The molecule has 0 amide bonds. The van der Waals surface area contributed by atoms with Crippen LogP contribution in [-0.4, -0.2) is 52.2 Å². The van der Waals surface area contributed by atoms with Crippen LogP contribution < -0.4 is 5.56 Å². The van der Waals surface area contributed by atoms with Gasteiger partial charge in [-0.05, 0) is 74.6 Å². The molecular weight excluding hydrogens is 350 g/mol. The predicted molar refractivity (Wildman–Crippen MR) is 109 cm³/mol. The summed E-state index contributed by atoms with van der Waals surface area (Å²) in [6, 6.07) is 12.6. The van der Waals surface area contributed by atoms with Crippen molar-refractivity contribution >= 4 is 0 Å². The van der Waals surface area contributed by atoms with Crippen LogP contribution in [0.3, 0.4) is 0 Å². The second-order valence-corrected chi connectivity index (χ2v) is 8.71. The number of H-pyrrole nitrogens is 1. The first kappa shape index (κ1) is 18.1. The van der Waals surface area contributed by atoms with Gasteiger partial charge in [-0.25, -0.2) is 0 Å². The number of nitrogens with zero attached hydrogens (tertiary/aromatic N) is 2. The Morgan fingerprint density at radius 2 is 1.82 bits per heavy atom. The van der Waals surface area contributed by atoms with Gasteiger partial charge in [-0.15, -0.1) is 0 Å². The van der Waals surface area contributed by atoms with Gasteiger partial charge in [0.2, 0.25) is 5.56 Å². The van der Waals surface area contributed by atoms with Gasteiger partial charge in [0.25, 0.3) is 0 Å². The molecule has 148 valence electrons. The van der Waals surface area contributed by atoms with Crippen molar-refractivity contribution < 1.29 is 5.11 Å². The number of rotatable bonds is 3.